The quantitative estimate of drug-likeness (QED) is 0.490. The first kappa shape index (κ1) is 19.9. The summed E-state index contributed by atoms with van der Waals surface area (Å²) in [4.78, 5) is 23.4. The van der Waals surface area contributed by atoms with Crippen LogP contribution < -0.4 is 5.32 Å². The molecule has 0 atom stereocenters. The largest absolute Gasteiger partial charge is 0.379 e. The molecule has 8 nitrogen and oxygen atoms in total. The van der Waals surface area contributed by atoms with Gasteiger partial charge in [-0.1, -0.05) is 17.7 Å². The lowest BCUT2D eigenvalue weighted by molar-refractivity contribution is 0.0342. The van der Waals surface area contributed by atoms with Gasteiger partial charge in [0.2, 0.25) is 0 Å². The highest BCUT2D eigenvalue weighted by Gasteiger charge is 2.16. The molecule has 31 heavy (non-hydrogen) atoms. The number of H-pyrrole nitrogens is 1. The molecule has 0 radical (unpaired) electrons. The van der Waals surface area contributed by atoms with Gasteiger partial charge in [-0.3, -0.25) is 4.90 Å². The number of benzene rings is 1. The number of aryl methyl sites for hydroxylation is 1. The first-order valence-electron chi connectivity index (χ1n) is 10.1. The summed E-state index contributed by atoms with van der Waals surface area (Å²) in [5, 5.41) is 3.89. The van der Waals surface area contributed by atoms with Crippen LogP contribution in [-0.2, 0) is 11.3 Å². The molecule has 158 valence electrons. The Balaban J connectivity index is 1.47. The number of aromatic amines is 1. The Kier molecular flexibility index (Phi) is 5.50. The van der Waals surface area contributed by atoms with E-state index >= 15 is 0 Å². The van der Waals surface area contributed by atoms with E-state index in [2.05, 4.69) is 42.3 Å². The van der Waals surface area contributed by atoms with Gasteiger partial charge in [-0.2, -0.15) is 0 Å². The van der Waals surface area contributed by atoms with Crippen molar-refractivity contribution in [3.05, 3.63) is 59.1 Å². The minimum Gasteiger partial charge on any atom is -0.379 e. The third-order valence-electron chi connectivity index (χ3n) is 5.25. The lowest BCUT2D eigenvalue weighted by atomic mass is 10.1. The van der Waals surface area contributed by atoms with Crippen LogP contribution in [-0.4, -0.2) is 56.1 Å². The lowest BCUT2D eigenvalue weighted by Gasteiger charge is -2.26. The minimum atomic E-state index is 0.624. The van der Waals surface area contributed by atoms with Crippen molar-refractivity contribution in [3.8, 4) is 11.4 Å². The zero-order chi connectivity index (χ0) is 21.2. The number of imidazole rings is 1. The molecule has 5 rings (SSSR count). The van der Waals surface area contributed by atoms with Crippen LogP contribution in [0.3, 0.4) is 0 Å². The second-order valence-corrected chi connectivity index (χ2v) is 7.92. The van der Waals surface area contributed by atoms with E-state index in [1.807, 2.05) is 25.1 Å². The van der Waals surface area contributed by atoms with Crippen molar-refractivity contribution in [1.82, 2.24) is 29.8 Å². The summed E-state index contributed by atoms with van der Waals surface area (Å²) in [5.74, 6) is 2.00. The van der Waals surface area contributed by atoms with E-state index in [9.17, 15) is 0 Å². The zero-order valence-electron chi connectivity index (χ0n) is 17.1. The van der Waals surface area contributed by atoms with Gasteiger partial charge in [-0.05, 0) is 30.7 Å². The van der Waals surface area contributed by atoms with Gasteiger partial charge >= 0.3 is 0 Å². The molecule has 1 aromatic carbocycles. The van der Waals surface area contributed by atoms with Crippen molar-refractivity contribution in [1.29, 1.82) is 0 Å². The number of nitrogens with one attached hydrogen (secondary N) is 2. The van der Waals surface area contributed by atoms with Crippen LogP contribution in [0.4, 0.5) is 11.6 Å². The molecule has 0 unspecified atom stereocenters. The SMILES string of the molecule is Cc1cc(Nc2nccc3[nH]c(-c4cc(CN5CCOCC5)ccc4Cl)nc23)ncn1. The Morgan fingerprint density at radius 3 is 2.84 bits per heavy atom. The monoisotopic (exact) mass is 435 g/mol. The Morgan fingerprint density at radius 1 is 1.13 bits per heavy atom. The second kappa shape index (κ2) is 8.58. The van der Waals surface area contributed by atoms with Crippen LogP contribution in [0.15, 0.2) is 42.9 Å². The summed E-state index contributed by atoms with van der Waals surface area (Å²) >= 11 is 6.55. The van der Waals surface area contributed by atoms with Gasteiger partial charge in [-0.15, -0.1) is 0 Å². The third-order valence-corrected chi connectivity index (χ3v) is 5.58. The molecule has 3 aromatic heterocycles. The average Bonchev–Trinajstić information content (AvgIpc) is 3.21. The molecule has 1 aliphatic rings. The van der Waals surface area contributed by atoms with Gasteiger partial charge in [0.1, 0.15) is 23.5 Å². The van der Waals surface area contributed by atoms with Gasteiger partial charge in [0, 0.05) is 43.2 Å². The van der Waals surface area contributed by atoms with Gasteiger partial charge in [0.15, 0.2) is 5.82 Å². The van der Waals surface area contributed by atoms with Crippen molar-refractivity contribution in [2.24, 2.45) is 0 Å². The lowest BCUT2D eigenvalue weighted by Crippen LogP contribution is -2.35. The maximum absolute atomic E-state index is 6.55. The molecule has 4 aromatic rings. The maximum atomic E-state index is 6.55. The van der Waals surface area contributed by atoms with Crippen LogP contribution in [0.25, 0.3) is 22.4 Å². The van der Waals surface area contributed by atoms with Crippen molar-refractivity contribution in [3.63, 3.8) is 0 Å². The fourth-order valence-corrected chi connectivity index (χ4v) is 3.88. The maximum Gasteiger partial charge on any atom is 0.159 e. The number of pyridine rings is 1. The highest BCUT2D eigenvalue weighted by molar-refractivity contribution is 6.33. The topological polar surface area (TPSA) is 91.9 Å². The summed E-state index contributed by atoms with van der Waals surface area (Å²) in [7, 11) is 0. The second-order valence-electron chi connectivity index (χ2n) is 7.51. The highest BCUT2D eigenvalue weighted by Crippen LogP contribution is 2.31. The van der Waals surface area contributed by atoms with E-state index in [0.29, 0.717) is 22.5 Å². The number of hydrogen-bond acceptors (Lipinski definition) is 7. The number of halogens is 1. The molecule has 1 fully saturated rings. The van der Waals surface area contributed by atoms with Crippen molar-refractivity contribution < 1.29 is 4.74 Å². The summed E-state index contributed by atoms with van der Waals surface area (Å²) in [6.07, 6.45) is 3.25. The van der Waals surface area contributed by atoms with E-state index < -0.39 is 0 Å². The molecule has 0 spiro atoms. The number of morpholine rings is 1. The van der Waals surface area contributed by atoms with Crippen LogP contribution in [0.5, 0.6) is 0 Å². The van der Waals surface area contributed by atoms with E-state index in [-0.39, 0.29) is 0 Å². The standard InChI is InChI=1S/C22H22ClN7O/c1-14-10-19(26-13-25-14)28-22-20-18(4-5-24-22)27-21(29-20)16-11-15(2-3-17(16)23)12-30-6-8-31-9-7-30/h2-5,10-11,13H,6-9,12H2,1H3,(H,27,29)(H,24,25,26,28). The molecule has 0 aliphatic carbocycles. The van der Waals surface area contributed by atoms with Crippen molar-refractivity contribution in [2.75, 3.05) is 31.6 Å². The van der Waals surface area contributed by atoms with Crippen molar-refractivity contribution in [2.45, 2.75) is 13.5 Å². The number of aromatic nitrogens is 5. The fraction of sp³-hybridized carbons (Fsp3) is 0.273. The first-order chi connectivity index (χ1) is 15.2. The first-order valence-corrected chi connectivity index (χ1v) is 10.5. The molecular weight excluding hydrogens is 414 g/mol. The van der Waals surface area contributed by atoms with E-state index in [0.717, 1.165) is 55.1 Å². The van der Waals surface area contributed by atoms with Crippen LogP contribution in [0.1, 0.15) is 11.3 Å². The molecule has 1 saturated heterocycles. The summed E-state index contributed by atoms with van der Waals surface area (Å²) < 4.78 is 5.45. The molecule has 4 heterocycles. The normalized spacial score (nSPS) is 14.8. The predicted molar refractivity (Wildman–Crippen MR) is 120 cm³/mol. The zero-order valence-corrected chi connectivity index (χ0v) is 17.9. The van der Waals surface area contributed by atoms with E-state index in [1.165, 1.54) is 11.9 Å². The number of nitrogens with zero attached hydrogens (tertiary/aromatic N) is 5. The molecule has 1 aliphatic heterocycles. The van der Waals surface area contributed by atoms with Gasteiger partial charge in [0.25, 0.3) is 0 Å². The Labute approximate surface area is 184 Å². The number of anilines is 2. The summed E-state index contributed by atoms with van der Waals surface area (Å²) in [6, 6.07) is 9.86. The van der Waals surface area contributed by atoms with E-state index in [4.69, 9.17) is 21.3 Å². The number of rotatable bonds is 5. The Hall–Kier alpha value is -3.07. The third kappa shape index (κ3) is 4.36. The fourth-order valence-electron chi connectivity index (χ4n) is 3.67. The minimum absolute atomic E-state index is 0.624. The number of ether oxygens (including phenoxy) is 1. The Bertz CT molecular complexity index is 1220. The highest BCUT2D eigenvalue weighted by atomic mass is 35.5. The molecule has 2 N–H and O–H groups in total. The van der Waals surface area contributed by atoms with Gasteiger partial charge in [-0.25, -0.2) is 19.9 Å². The molecular formula is C22H22ClN7O. The predicted octanol–water partition coefficient (Wildman–Crippen LogP) is 3.95. The van der Waals surface area contributed by atoms with Crippen LogP contribution in [0.2, 0.25) is 5.02 Å². The van der Waals surface area contributed by atoms with Crippen LogP contribution in [0, 0.1) is 6.92 Å². The summed E-state index contributed by atoms with van der Waals surface area (Å²) in [5.41, 5.74) is 4.52. The van der Waals surface area contributed by atoms with Crippen molar-refractivity contribution >= 4 is 34.3 Å². The van der Waals surface area contributed by atoms with Gasteiger partial charge in [0.05, 0.1) is 23.8 Å². The molecule has 0 bridgehead atoms. The molecule has 9 heteroatoms. The smallest absolute Gasteiger partial charge is 0.159 e. The van der Waals surface area contributed by atoms with E-state index in [1.54, 1.807) is 6.20 Å². The van der Waals surface area contributed by atoms with Crippen LogP contribution >= 0.6 is 11.6 Å². The number of hydrogen-bond donors (Lipinski definition) is 2. The molecule has 0 saturated carbocycles. The number of fused-ring (bicyclic) bond motifs is 1. The molecule has 0 amide bonds. The summed E-state index contributed by atoms with van der Waals surface area (Å²) in [6.45, 7) is 6.20. The average molecular weight is 436 g/mol. The van der Waals surface area contributed by atoms with Gasteiger partial charge < -0.3 is 15.0 Å². The Morgan fingerprint density at radius 2 is 2.00 bits per heavy atom.